The summed E-state index contributed by atoms with van der Waals surface area (Å²) in [5.41, 5.74) is 1.19. The zero-order valence-electron chi connectivity index (χ0n) is 10.2. The number of benzene rings is 1. The van der Waals surface area contributed by atoms with Crippen LogP contribution in [0.1, 0.15) is 11.1 Å². The second kappa shape index (κ2) is 5.19. The minimum absolute atomic E-state index is 0.0785. The Morgan fingerprint density at radius 3 is 2.42 bits per heavy atom. The van der Waals surface area contributed by atoms with Gasteiger partial charge in [-0.2, -0.15) is 0 Å². The average molecular weight is 276 g/mol. The molecule has 0 bridgehead atoms. The highest BCUT2D eigenvalue weighted by Gasteiger charge is 2.24. The van der Waals surface area contributed by atoms with Crippen LogP contribution in [0.15, 0.2) is 58.8 Å². The van der Waals surface area contributed by atoms with Gasteiger partial charge in [0, 0.05) is 18.0 Å². The number of rotatable bonds is 2. The molecule has 0 spiro atoms. The molecule has 0 atom stereocenters. The smallest absolute Gasteiger partial charge is 0.227 e. The highest BCUT2D eigenvalue weighted by molar-refractivity contribution is 8.07. The van der Waals surface area contributed by atoms with Crippen molar-refractivity contribution in [3.63, 3.8) is 0 Å². The second-order valence-electron chi connectivity index (χ2n) is 3.96. The van der Waals surface area contributed by atoms with Gasteiger partial charge < -0.3 is 5.21 Å². The van der Waals surface area contributed by atoms with Gasteiger partial charge in [0.05, 0.1) is 4.90 Å². The minimum Gasteiger partial charge on any atom is -0.410 e. The van der Waals surface area contributed by atoms with E-state index >= 15 is 0 Å². The van der Waals surface area contributed by atoms with E-state index in [-0.39, 0.29) is 10.5 Å². The molecule has 0 fully saturated rings. The van der Waals surface area contributed by atoms with Gasteiger partial charge in [-0.25, -0.2) is 8.42 Å². The summed E-state index contributed by atoms with van der Waals surface area (Å²) in [4.78, 5) is 3.90. The van der Waals surface area contributed by atoms with Crippen molar-refractivity contribution in [2.45, 2.75) is 11.8 Å². The lowest BCUT2D eigenvalue weighted by molar-refractivity contribution is 0.320. The first-order chi connectivity index (χ1) is 9.05. The third kappa shape index (κ3) is 2.63. The molecule has 19 heavy (non-hydrogen) atoms. The van der Waals surface area contributed by atoms with Gasteiger partial charge in [-0.1, -0.05) is 22.9 Å². The topological polar surface area (TPSA) is 79.6 Å². The van der Waals surface area contributed by atoms with Gasteiger partial charge in [-0.05, 0) is 31.2 Å². The molecule has 0 aliphatic rings. The summed E-state index contributed by atoms with van der Waals surface area (Å²) in [6.07, 6.45) is 2.85. The van der Waals surface area contributed by atoms with Gasteiger partial charge in [0.1, 0.15) is 0 Å². The third-order valence-corrected chi connectivity index (χ3v) is 4.30. The zero-order valence-corrected chi connectivity index (χ0v) is 11.0. The monoisotopic (exact) mass is 276 g/mol. The number of sulfone groups is 1. The zero-order chi connectivity index (χ0) is 13.9. The predicted molar refractivity (Wildman–Crippen MR) is 70.9 cm³/mol. The lowest BCUT2D eigenvalue weighted by atomic mass is 10.2. The maximum atomic E-state index is 12.4. The summed E-state index contributed by atoms with van der Waals surface area (Å²) < 4.78 is 24.7. The van der Waals surface area contributed by atoms with Crippen LogP contribution in [0.4, 0.5) is 0 Å². The van der Waals surface area contributed by atoms with Crippen molar-refractivity contribution in [3.05, 3.63) is 59.9 Å². The third-order valence-electron chi connectivity index (χ3n) is 2.59. The highest BCUT2D eigenvalue weighted by Crippen LogP contribution is 2.17. The molecule has 0 saturated heterocycles. The summed E-state index contributed by atoms with van der Waals surface area (Å²) in [5.74, 6) is 0. The Morgan fingerprint density at radius 1 is 1.21 bits per heavy atom. The van der Waals surface area contributed by atoms with Gasteiger partial charge in [-0.15, -0.1) is 0 Å². The Labute approximate surface area is 111 Å². The lowest BCUT2D eigenvalue weighted by Gasteiger charge is -2.06. The summed E-state index contributed by atoms with van der Waals surface area (Å²) in [6.45, 7) is 1.86. The standard InChI is InChI=1S/C13H12N2O3S/c1-10-4-6-12(7-5-10)19(17,18)13(15-16)11-3-2-8-14-9-11/h2-9,16H,1H3. The normalized spacial score (nSPS) is 12.4. The number of aromatic nitrogens is 1. The summed E-state index contributed by atoms with van der Waals surface area (Å²) in [6, 6.07) is 9.42. The van der Waals surface area contributed by atoms with Crippen LogP contribution < -0.4 is 0 Å². The molecule has 0 amide bonds. The predicted octanol–water partition coefficient (Wildman–Crippen LogP) is 2.00. The van der Waals surface area contributed by atoms with Crippen molar-refractivity contribution >= 4 is 14.9 Å². The van der Waals surface area contributed by atoms with Crippen LogP contribution in [0.3, 0.4) is 0 Å². The van der Waals surface area contributed by atoms with Gasteiger partial charge >= 0.3 is 0 Å². The molecule has 0 saturated carbocycles. The van der Waals surface area contributed by atoms with Crippen molar-refractivity contribution in [2.75, 3.05) is 0 Å². The maximum Gasteiger partial charge on any atom is 0.227 e. The number of hydrogen-bond acceptors (Lipinski definition) is 5. The summed E-state index contributed by atoms with van der Waals surface area (Å²) >= 11 is 0. The molecule has 1 aromatic carbocycles. The molecular formula is C13H12N2O3S. The van der Waals surface area contributed by atoms with Crippen molar-refractivity contribution in [1.82, 2.24) is 4.98 Å². The molecular weight excluding hydrogens is 264 g/mol. The SMILES string of the molecule is Cc1ccc(S(=O)(=O)C(=NO)c2cccnc2)cc1. The van der Waals surface area contributed by atoms with E-state index in [2.05, 4.69) is 10.1 Å². The van der Waals surface area contributed by atoms with Gasteiger partial charge in [0.15, 0.2) is 0 Å². The van der Waals surface area contributed by atoms with Crippen LogP contribution in [-0.2, 0) is 9.84 Å². The maximum absolute atomic E-state index is 12.4. The Kier molecular flexibility index (Phi) is 3.62. The quantitative estimate of drug-likeness (QED) is 0.394. The summed E-state index contributed by atoms with van der Waals surface area (Å²) in [5, 5.41) is 11.5. The van der Waals surface area contributed by atoms with Crippen molar-refractivity contribution < 1.29 is 13.6 Å². The van der Waals surface area contributed by atoms with Crippen LogP contribution in [0, 0.1) is 6.92 Å². The Balaban J connectivity index is 2.52. The van der Waals surface area contributed by atoms with E-state index in [1.54, 1.807) is 18.2 Å². The molecule has 0 aliphatic heterocycles. The van der Waals surface area contributed by atoms with Crippen LogP contribution in [-0.4, -0.2) is 23.7 Å². The Bertz CT molecular complexity index is 692. The number of oxime groups is 1. The van der Waals surface area contributed by atoms with E-state index in [1.165, 1.54) is 30.6 Å². The fourth-order valence-electron chi connectivity index (χ4n) is 1.58. The number of pyridine rings is 1. The largest absolute Gasteiger partial charge is 0.410 e. The lowest BCUT2D eigenvalue weighted by Crippen LogP contribution is -2.17. The number of nitrogens with zero attached hydrogens (tertiary/aromatic N) is 2. The Hall–Kier alpha value is -2.21. The average Bonchev–Trinajstić information content (AvgIpc) is 2.41. The summed E-state index contributed by atoms with van der Waals surface area (Å²) in [7, 11) is -3.86. The fourth-order valence-corrected chi connectivity index (χ4v) is 2.84. The molecule has 2 aromatic rings. The van der Waals surface area contributed by atoms with Gasteiger partial charge in [-0.3, -0.25) is 4.98 Å². The van der Waals surface area contributed by atoms with Crippen LogP contribution in [0.25, 0.3) is 0 Å². The van der Waals surface area contributed by atoms with Gasteiger partial charge in [0.2, 0.25) is 14.9 Å². The highest BCUT2D eigenvalue weighted by atomic mass is 32.2. The van der Waals surface area contributed by atoms with Crippen LogP contribution in [0.5, 0.6) is 0 Å². The van der Waals surface area contributed by atoms with Crippen molar-refractivity contribution in [2.24, 2.45) is 5.16 Å². The molecule has 0 radical (unpaired) electrons. The van der Waals surface area contributed by atoms with Crippen molar-refractivity contribution in [3.8, 4) is 0 Å². The number of hydrogen-bond donors (Lipinski definition) is 1. The molecule has 2 rings (SSSR count). The van der Waals surface area contributed by atoms with E-state index < -0.39 is 14.9 Å². The first-order valence-corrected chi connectivity index (χ1v) is 6.98. The molecule has 1 aromatic heterocycles. The first kappa shape index (κ1) is 13.2. The molecule has 0 aliphatic carbocycles. The Morgan fingerprint density at radius 2 is 1.89 bits per heavy atom. The van der Waals surface area contributed by atoms with Crippen LogP contribution >= 0.6 is 0 Å². The molecule has 98 valence electrons. The molecule has 1 N–H and O–H groups in total. The fraction of sp³-hybridized carbons (Fsp3) is 0.0769. The molecule has 5 nitrogen and oxygen atoms in total. The molecule has 6 heteroatoms. The van der Waals surface area contributed by atoms with E-state index in [0.29, 0.717) is 0 Å². The van der Waals surface area contributed by atoms with E-state index in [4.69, 9.17) is 5.21 Å². The van der Waals surface area contributed by atoms with Crippen LogP contribution in [0.2, 0.25) is 0 Å². The molecule has 0 unspecified atom stereocenters. The van der Waals surface area contributed by atoms with Gasteiger partial charge in [0.25, 0.3) is 0 Å². The second-order valence-corrected chi connectivity index (χ2v) is 5.83. The van der Waals surface area contributed by atoms with Crippen molar-refractivity contribution in [1.29, 1.82) is 0 Å². The minimum atomic E-state index is -3.86. The first-order valence-electron chi connectivity index (χ1n) is 5.50. The number of aryl methyl sites for hydroxylation is 1. The molecule has 1 heterocycles. The van der Waals surface area contributed by atoms with E-state index in [1.807, 2.05) is 6.92 Å². The van der Waals surface area contributed by atoms with E-state index in [0.717, 1.165) is 5.56 Å². The van der Waals surface area contributed by atoms with E-state index in [9.17, 15) is 8.42 Å².